The van der Waals surface area contributed by atoms with Gasteiger partial charge < -0.3 is 10.1 Å². The van der Waals surface area contributed by atoms with E-state index >= 15 is 0 Å². The molecule has 0 spiro atoms. The maximum absolute atomic E-state index is 12.7. The van der Waals surface area contributed by atoms with Gasteiger partial charge in [-0.25, -0.2) is 0 Å². The Labute approximate surface area is 157 Å². The standard InChI is InChI=1S/C18H16F3NO2S2/c19-18(20,21)13-2-1-3-14(10-13)22-16(23)11-24-15-6-4-12(5-7-15)17-25-8-9-26-17/h1-7,10,17H,8-9,11H2,(H,22,23). The van der Waals surface area contributed by atoms with Gasteiger partial charge >= 0.3 is 6.18 Å². The third-order valence-electron chi connectivity index (χ3n) is 3.62. The molecule has 1 amide bonds. The summed E-state index contributed by atoms with van der Waals surface area (Å²) < 4.78 is 43.9. The van der Waals surface area contributed by atoms with Crippen LogP contribution in [0.4, 0.5) is 18.9 Å². The predicted octanol–water partition coefficient (Wildman–Crippen LogP) is 5.20. The predicted molar refractivity (Wildman–Crippen MR) is 99.7 cm³/mol. The van der Waals surface area contributed by atoms with Crippen LogP contribution in [-0.2, 0) is 11.0 Å². The molecule has 0 bridgehead atoms. The number of rotatable bonds is 5. The molecule has 138 valence electrons. The minimum Gasteiger partial charge on any atom is -0.484 e. The summed E-state index contributed by atoms with van der Waals surface area (Å²) in [6.45, 7) is -0.275. The van der Waals surface area contributed by atoms with Crippen molar-refractivity contribution < 1.29 is 22.7 Å². The highest BCUT2D eigenvalue weighted by molar-refractivity contribution is 8.19. The topological polar surface area (TPSA) is 38.3 Å². The van der Waals surface area contributed by atoms with Crippen molar-refractivity contribution >= 4 is 35.1 Å². The van der Waals surface area contributed by atoms with Gasteiger partial charge in [0.15, 0.2) is 6.61 Å². The number of anilines is 1. The van der Waals surface area contributed by atoms with Crippen LogP contribution in [-0.4, -0.2) is 24.0 Å². The number of benzene rings is 2. The number of carbonyl (C=O) groups is 1. The maximum Gasteiger partial charge on any atom is 0.416 e. The van der Waals surface area contributed by atoms with Crippen molar-refractivity contribution in [1.29, 1.82) is 0 Å². The number of amides is 1. The SMILES string of the molecule is O=C(COc1ccc(C2SCCS2)cc1)Nc1cccc(C(F)(F)F)c1. The van der Waals surface area contributed by atoms with Crippen molar-refractivity contribution in [3.05, 3.63) is 59.7 Å². The molecular formula is C18H16F3NO2S2. The summed E-state index contributed by atoms with van der Waals surface area (Å²) in [5, 5.41) is 2.41. The summed E-state index contributed by atoms with van der Waals surface area (Å²) in [6.07, 6.45) is -4.45. The van der Waals surface area contributed by atoms with Crippen molar-refractivity contribution in [2.24, 2.45) is 0 Å². The van der Waals surface area contributed by atoms with Gasteiger partial charge in [-0.05, 0) is 35.9 Å². The highest BCUT2D eigenvalue weighted by atomic mass is 32.2. The third-order valence-corrected chi connectivity index (χ3v) is 6.72. The van der Waals surface area contributed by atoms with Crippen molar-refractivity contribution in [3.8, 4) is 5.75 Å². The maximum atomic E-state index is 12.7. The Balaban J connectivity index is 1.52. The van der Waals surface area contributed by atoms with E-state index < -0.39 is 17.6 Å². The Kier molecular flexibility index (Phi) is 6.03. The minimum absolute atomic E-state index is 0.0825. The second-order valence-corrected chi connectivity index (χ2v) is 8.28. The van der Waals surface area contributed by atoms with E-state index in [-0.39, 0.29) is 12.3 Å². The van der Waals surface area contributed by atoms with E-state index in [1.54, 1.807) is 12.1 Å². The van der Waals surface area contributed by atoms with E-state index in [4.69, 9.17) is 4.74 Å². The summed E-state index contributed by atoms with van der Waals surface area (Å²) >= 11 is 3.80. The molecule has 0 aliphatic carbocycles. The van der Waals surface area contributed by atoms with E-state index in [0.717, 1.165) is 23.6 Å². The van der Waals surface area contributed by atoms with Gasteiger partial charge in [0, 0.05) is 17.2 Å². The molecule has 0 unspecified atom stereocenters. The van der Waals surface area contributed by atoms with Crippen molar-refractivity contribution in [2.75, 3.05) is 23.4 Å². The van der Waals surface area contributed by atoms with Crippen LogP contribution < -0.4 is 10.1 Å². The van der Waals surface area contributed by atoms with E-state index in [1.165, 1.54) is 17.7 Å². The Hall–Kier alpha value is -1.80. The van der Waals surface area contributed by atoms with Crippen LogP contribution in [0.3, 0.4) is 0 Å². The molecule has 1 saturated heterocycles. The first kappa shape index (κ1) is 19.0. The average molecular weight is 399 g/mol. The molecule has 0 aromatic heterocycles. The van der Waals surface area contributed by atoms with E-state index in [2.05, 4.69) is 5.32 Å². The van der Waals surface area contributed by atoms with Crippen LogP contribution in [0, 0.1) is 0 Å². The van der Waals surface area contributed by atoms with Crippen molar-refractivity contribution in [3.63, 3.8) is 0 Å². The summed E-state index contributed by atoms with van der Waals surface area (Å²) in [5.74, 6) is 2.31. The van der Waals surface area contributed by atoms with Crippen LogP contribution in [0.2, 0.25) is 0 Å². The molecule has 1 heterocycles. The monoisotopic (exact) mass is 399 g/mol. The van der Waals surface area contributed by atoms with E-state index in [1.807, 2.05) is 35.7 Å². The van der Waals surface area contributed by atoms with Crippen molar-refractivity contribution in [2.45, 2.75) is 10.8 Å². The molecule has 2 aromatic rings. The first-order chi connectivity index (χ1) is 12.4. The molecule has 1 aliphatic rings. The van der Waals surface area contributed by atoms with Gasteiger partial charge in [0.1, 0.15) is 5.75 Å². The molecule has 26 heavy (non-hydrogen) atoms. The molecule has 3 nitrogen and oxygen atoms in total. The number of hydrogen-bond acceptors (Lipinski definition) is 4. The van der Waals surface area contributed by atoms with Crippen LogP contribution in [0.25, 0.3) is 0 Å². The number of thioether (sulfide) groups is 2. The second kappa shape index (κ2) is 8.26. The van der Waals surface area contributed by atoms with Crippen LogP contribution >= 0.6 is 23.5 Å². The molecule has 8 heteroatoms. The van der Waals surface area contributed by atoms with Crippen molar-refractivity contribution in [1.82, 2.24) is 0 Å². The quantitative estimate of drug-likeness (QED) is 0.750. The molecule has 2 aromatic carbocycles. The van der Waals surface area contributed by atoms with Gasteiger partial charge in [0.05, 0.1) is 10.1 Å². The lowest BCUT2D eigenvalue weighted by Crippen LogP contribution is -2.20. The molecule has 0 radical (unpaired) electrons. The van der Waals surface area contributed by atoms with Crippen LogP contribution in [0.1, 0.15) is 15.7 Å². The van der Waals surface area contributed by atoms with E-state index in [9.17, 15) is 18.0 Å². The van der Waals surface area contributed by atoms with Crippen LogP contribution in [0.5, 0.6) is 5.75 Å². The van der Waals surface area contributed by atoms with E-state index in [0.29, 0.717) is 10.3 Å². The number of ether oxygens (including phenoxy) is 1. The number of carbonyl (C=O) groups excluding carboxylic acids is 1. The van der Waals surface area contributed by atoms with Gasteiger partial charge in [-0.3, -0.25) is 4.79 Å². The lowest BCUT2D eigenvalue weighted by Gasteiger charge is -2.11. The largest absolute Gasteiger partial charge is 0.484 e. The van der Waals surface area contributed by atoms with Crippen LogP contribution in [0.15, 0.2) is 48.5 Å². The Bertz CT molecular complexity index is 760. The third kappa shape index (κ3) is 5.11. The summed E-state index contributed by atoms with van der Waals surface area (Å²) in [6, 6.07) is 12.0. The van der Waals surface area contributed by atoms with Gasteiger partial charge in [-0.2, -0.15) is 13.2 Å². The Morgan fingerprint density at radius 3 is 2.46 bits per heavy atom. The fourth-order valence-electron chi connectivity index (χ4n) is 2.39. The van der Waals surface area contributed by atoms with Gasteiger partial charge in [0.2, 0.25) is 0 Å². The molecule has 0 atom stereocenters. The first-order valence-electron chi connectivity index (χ1n) is 7.85. The fraction of sp³-hybridized carbons (Fsp3) is 0.278. The molecule has 1 aliphatic heterocycles. The zero-order valence-electron chi connectivity index (χ0n) is 13.6. The minimum atomic E-state index is -4.45. The van der Waals surface area contributed by atoms with Gasteiger partial charge in [-0.15, -0.1) is 23.5 Å². The lowest BCUT2D eigenvalue weighted by molar-refractivity contribution is -0.137. The normalized spacial score (nSPS) is 15.0. The lowest BCUT2D eigenvalue weighted by atomic mass is 10.2. The number of nitrogens with one attached hydrogen (secondary N) is 1. The smallest absolute Gasteiger partial charge is 0.416 e. The molecule has 1 fully saturated rings. The number of hydrogen-bond donors (Lipinski definition) is 1. The molecular weight excluding hydrogens is 383 g/mol. The number of alkyl halides is 3. The Morgan fingerprint density at radius 2 is 1.81 bits per heavy atom. The van der Waals surface area contributed by atoms with Gasteiger partial charge in [0.25, 0.3) is 5.91 Å². The summed E-state index contributed by atoms with van der Waals surface area (Å²) in [5.41, 5.74) is 0.479. The number of halogens is 3. The van der Waals surface area contributed by atoms with Gasteiger partial charge in [-0.1, -0.05) is 18.2 Å². The first-order valence-corrected chi connectivity index (χ1v) is 9.95. The highest BCUT2D eigenvalue weighted by Gasteiger charge is 2.30. The molecule has 1 N–H and O–H groups in total. The highest BCUT2D eigenvalue weighted by Crippen LogP contribution is 2.45. The zero-order chi connectivity index (χ0) is 18.6. The Morgan fingerprint density at radius 1 is 1.12 bits per heavy atom. The second-order valence-electron chi connectivity index (χ2n) is 5.56. The molecule has 0 saturated carbocycles. The summed E-state index contributed by atoms with van der Waals surface area (Å²) in [4.78, 5) is 11.9. The zero-order valence-corrected chi connectivity index (χ0v) is 15.2. The average Bonchev–Trinajstić information content (AvgIpc) is 3.14. The fourth-order valence-corrected chi connectivity index (χ4v) is 5.25. The summed E-state index contributed by atoms with van der Waals surface area (Å²) in [7, 11) is 0. The molecule has 3 rings (SSSR count).